The van der Waals surface area contributed by atoms with Gasteiger partial charge >= 0.3 is 5.97 Å². The van der Waals surface area contributed by atoms with Gasteiger partial charge in [-0.1, -0.05) is 13.8 Å². The molecule has 0 spiro atoms. The number of carbonyl (C=O) groups is 1. The van der Waals surface area contributed by atoms with Crippen LogP contribution in [0.15, 0.2) is 11.3 Å². The average molecular weight is 215 g/mol. The van der Waals surface area contributed by atoms with Crippen molar-refractivity contribution in [3.8, 4) is 0 Å². The van der Waals surface area contributed by atoms with Gasteiger partial charge in [-0.3, -0.25) is 0 Å². The van der Waals surface area contributed by atoms with Gasteiger partial charge in [0.2, 0.25) is 0 Å². The molecular weight excluding hydrogens is 194 g/mol. The first-order valence-electron chi connectivity index (χ1n) is 5.15. The molecule has 0 aliphatic heterocycles. The molecule has 88 valence electrons. The number of hydrogen-bond acceptors (Lipinski definition) is 4. The summed E-state index contributed by atoms with van der Waals surface area (Å²) in [5, 5.41) is 11.7. The largest absolute Gasteiger partial charge is 0.466 e. The molecule has 0 rings (SSSR count). The maximum Gasteiger partial charge on any atom is 0.335 e. The van der Waals surface area contributed by atoms with Crippen molar-refractivity contribution in [1.29, 1.82) is 0 Å². The summed E-state index contributed by atoms with van der Waals surface area (Å²) in [4.78, 5) is 11.5. The molecule has 0 aliphatic carbocycles. The van der Waals surface area contributed by atoms with E-state index in [-0.39, 0.29) is 12.6 Å². The lowest BCUT2D eigenvalue weighted by atomic mass is 10.0. The summed E-state index contributed by atoms with van der Waals surface area (Å²) in [6, 6.07) is 0. The van der Waals surface area contributed by atoms with Gasteiger partial charge in [0.05, 0.1) is 19.3 Å². The molecule has 0 saturated carbocycles. The summed E-state index contributed by atoms with van der Waals surface area (Å²) in [6.07, 6.45) is 0.678. The van der Waals surface area contributed by atoms with Crippen LogP contribution in [0.2, 0.25) is 0 Å². The van der Waals surface area contributed by atoms with Crippen molar-refractivity contribution in [2.75, 3.05) is 20.3 Å². The number of carbonyl (C=O) groups excluding carboxylic acids is 1. The third-order valence-corrected chi connectivity index (χ3v) is 2.00. The van der Waals surface area contributed by atoms with Crippen molar-refractivity contribution < 1.29 is 14.6 Å². The second-order valence-corrected chi connectivity index (χ2v) is 3.84. The third kappa shape index (κ3) is 5.42. The standard InChI is InChI=1S/C11H21NO3/c1-8(2)7-10(11(14)15-4)9(3)12-5-6-13/h8,12-13H,5-7H2,1-4H3/b10-9+. The fourth-order valence-electron chi connectivity index (χ4n) is 1.27. The molecule has 15 heavy (non-hydrogen) atoms. The Balaban J connectivity index is 4.64. The maximum atomic E-state index is 11.5. The van der Waals surface area contributed by atoms with E-state index in [4.69, 9.17) is 9.84 Å². The normalized spacial score (nSPS) is 12.4. The highest BCUT2D eigenvalue weighted by atomic mass is 16.5. The monoisotopic (exact) mass is 215 g/mol. The number of rotatable bonds is 6. The van der Waals surface area contributed by atoms with E-state index in [0.717, 1.165) is 5.70 Å². The Morgan fingerprint density at radius 1 is 1.47 bits per heavy atom. The molecule has 4 heteroatoms. The topological polar surface area (TPSA) is 58.6 Å². The lowest BCUT2D eigenvalue weighted by Crippen LogP contribution is -2.21. The van der Waals surface area contributed by atoms with Crippen LogP contribution >= 0.6 is 0 Å². The van der Waals surface area contributed by atoms with Gasteiger partial charge in [-0.25, -0.2) is 4.79 Å². The zero-order valence-corrected chi connectivity index (χ0v) is 9.96. The molecule has 0 unspecified atom stereocenters. The quantitative estimate of drug-likeness (QED) is 0.514. The number of nitrogens with one attached hydrogen (secondary N) is 1. The van der Waals surface area contributed by atoms with E-state index in [0.29, 0.717) is 24.5 Å². The van der Waals surface area contributed by atoms with E-state index in [9.17, 15) is 4.79 Å². The van der Waals surface area contributed by atoms with Gasteiger partial charge in [-0.05, 0) is 19.3 Å². The van der Waals surface area contributed by atoms with Crippen LogP contribution < -0.4 is 5.32 Å². The fourth-order valence-corrected chi connectivity index (χ4v) is 1.27. The molecule has 0 atom stereocenters. The van der Waals surface area contributed by atoms with Crippen LogP contribution in [0.4, 0.5) is 0 Å². The summed E-state index contributed by atoms with van der Waals surface area (Å²) in [5.41, 5.74) is 1.44. The number of hydrogen-bond donors (Lipinski definition) is 2. The van der Waals surface area contributed by atoms with Gasteiger partial charge in [0.15, 0.2) is 0 Å². The van der Waals surface area contributed by atoms with Crippen LogP contribution in [0.25, 0.3) is 0 Å². The Morgan fingerprint density at radius 2 is 2.07 bits per heavy atom. The summed E-state index contributed by atoms with van der Waals surface area (Å²) in [7, 11) is 1.38. The number of allylic oxidation sites excluding steroid dienone is 1. The summed E-state index contributed by atoms with van der Waals surface area (Å²) in [5.74, 6) is 0.0941. The summed E-state index contributed by atoms with van der Waals surface area (Å²) in [6.45, 7) is 6.41. The molecule has 0 aromatic heterocycles. The molecule has 2 N–H and O–H groups in total. The van der Waals surface area contributed by atoms with Crippen molar-refractivity contribution in [2.45, 2.75) is 27.2 Å². The Labute approximate surface area is 91.3 Å². The molecule has 0 aromatic rings. The number of esters is 1. The average Bonchev–Trinajstić information content (AvgIpc) is 2.21. The highest BCUT2D eigenvalue weighted by molar-refractivity contribution is 5.89. The number of ether oxygens (including phenoxy) is 1. The smallest absolute Gasteiger partial charge is 0.335 e. The van der Waals surface area contributed by atoms with E-state index >= 15 is 0 Å². The van der Waals surface area contributed by atoms with Crippen molar-refractivity contribution in [1.82, 2.24) is 5.32 Å². The van der Waals surface area contributed by atoms with Crippen LogP contribution in [-0.4, -0.2) is 31.3 Å². The minimum absolute atomic E-state index is 0.0491. The highest BCUT2D eigenvalue weighted by Crippen LogP contribution is 2.15. The molecule has 0 amide bonds. The van der Waals surface area contributed by atoms with Crippen LogP contribution in [0.3, 0.4) is 0 Å². The van der Waals surface area contributed by atoms with Gasteiger partial charge in [0.25, 0.3) is 0 Å². The van der Waals surface area contributed by atoms with Gasteiger partial charge < -0.3 is 15.2 Å². The Bertz CT molecular complexity index is 234. The van der Waals surface area contributed by atoms with Gasteiger partial charge in [0.1, 0.15) is 0 Å². The van der Waals surface area contributed by atoms with Crippen LogP contribution in [0.5, 0.6) is 0 Å². The highest BCUT2D eigenvalue weighted by Gasteiger charge is 2.14. The first kappa shape index (κ1) is 14.0. The lowest BCUT2D eigenvalue weighted by Gasteiger charge is -2.13. The van der Waals surface area contributed by atoms with Crippen molar-refractivity contribution in [3.63, 3.8) is 0 Å². The molecular formula is C11H21NO3. The predicted molar refractivity (Wildman–Crippen MR) is 59.3 cm³/mol. The zero-order valence-electron chi connectivity index (χ0n) is 9.96. The fraction of sp³-hybridized carbons (Fsp3) is 0.727. The number of aliphatic hydroxyl groups excluding tert-OH is 1. The molecule has 0 bridgehead atoms. The van der Waals surface area contributed by atoms with Gasteiger partial charge in [-0.15, -0.1) is 0 Å². The van der Waals surface area contributed by atoms with Crippen LogP contribution in [0, 0.1) is 5.92 Å². The summed E-state index contributed by atoms with van der Waals surface area (Å²) >= 11 is 0. The van der Waals surface area contributed by atoms with E-state index in [1.165, 1.54) is 7.11 Å². The maximum absolute atomic E-state index is 11.5. The first-order valence-corrected chi connectivity index (χ1v) is 5.15. The molecule has 0 aromatic carbocycles. The molecule has 0 aliphatic rings. The van der Waals surface area contributed by atoms with E-state index in [1.54, 1.807) is 0 Å². The first-order chi connectivity index (χ1) is 7.02. The predicted octanol–water partition coefficient (Wildman–Crippen LogP) is 1.06. The van der Waals surface area contributed by atoms with Gasteiger partial charge in [-0.2, -0.15) is 0 Å². The van der Waals surface area contributed by atoms with Crippen molar-refractivity contribution >= 4 is 5.97 Å². The van der Waals surface area contributed by atoms with Crippen LogP contribution in [-0.2, 0) is 9.53 Å². The molecule has 0 saturated heterocycles. The van der Waals surface area contributed by atoms with E-state index < -0.39 is 0 Å². The SMILES string of the molecule is COC(=O)/C(CC(C)C)=C(\C)NCCO. The summed E-state index contributed by atoms with van der Waals surface area (Å²) < 4.78 is 4.72. The van der Waals surface area contributed by atoms with Crippen molar-refractivity contribution in [3.05, 3.63) is 11.3 Å². The van der Waals surface area contributed by atoms with Crippen molar-refractivity contribution in [2.24, 2.45) is 5.92 Å². The second-order valence-electron chi connectivity index (χ2n) is 3.84. The Morgan fingerprint density at radius 3 is 2.47 bits per heavy atom. The number of aliphatic hydroxyl groups is 1. The molecule has 0 fully saturated rings. The zero-order chi connectivity index (χ0) is 11.8. The third-order valence-electron chi connectivity index (χ3n) is 2.00. The Kier molecular flexibility index (Phi) is 6.79. The molecule has 0 radical (unpaired) electrons. The van der Waals surface area contributed by atoms with E-state index in [1.807, 2.05) is 20.8 Å². The second kappa shape index (κ2) is 7.29. The van der Waals surface area contributed by atoms with Crippen LogP contribution in [0.1, 0.15) is 27.2 Å². The number of methoxy groups -OCH3 is 1. The minimum Gasteiger partial charge on any atom is -0.466 e. The minimum atomic E-state index is -0.299. The lowest BCUT2D eigenvalue weighted by molar-refractivity contribution is -0.136. The Hall–Kier alpha value is -1.03. The van der Waals surface area contributed by atoms with Gasteiger partial charge in [0, 0.05) is 12.2 Å². The molecule has 0 heterocycles. The molecule has 4 nitrogen and oxygen atoms in total. The van der Waals surface area contributed by atoms with E-state index in [2.05, 4.69) is 5.32 Å².